The predicted molar refractivity (Wildman–Crippen MR) is 74.6 cm³/mol. The summed E-state index contributed by atoms with van der Waals surface area (Å²) in [5, 5.41) is 9.03. The third-order valence-corrected chi connectivity index (χ3v) is 3.31. The highest BCUT2D eigenvalue weighted by molar-refractivity contribution is 5.68. The van der Waals surface area contributed by atoms with E-state index in [2.05, 4.69) is 11.1 Å². The van der Waals surface area contributed by atoms with Crippen LogP contribution in [0.25, 0.3) is 16.9 Å². The molecule has 2 heterocycles. The summed E-state index contributed by atoms with van der Waals surface area (Å²) >= 11 is 0. The van der Waals surface area contributed by atoms with E-state index in [1.165, 1.54) is 12.1 Å². The zero-order valence-electron chi connectivity index (χ0n) is 11.0. The minimum absolute atomic E-state index is 0.261. The largest absolute Gasteiger partial charge is 0.302 e. The Hall–Kier alpha value is -2.67. The van der Waals surface area contributed by atoms with Crippen LogP contribution in [0.4, 0.5) is 4.39 Å². The normalized spacial score (nSPS) is 10.7. The van der Waals surface area contributed by atoms with Gasteiger partial charge in [0.2, 0.25) is 0 Å². The van der Waals surface area contributed by atoms with Gasteiger partial charge in [-0.25, -0.2) is 9.37 Å². The Labute approximate surface area is 115 Å². The molecule has 3 rings (SSSR count). The predicted octanol–water partition coefficient (Wildman–Crippen LogP) is 3.51. The van der Waals surface area contributed by atoms with E-state index in [-0.39, 0.29) is 12.2 Å². The van der Waals surface area contributed by atoms with Crippen molar-refractivity contribution in [1.82, 2.24) is 9.38 Å². The van der Waals surface area contributed by atoms with Gasteiger partial charge in [-0.2, -0.15) is 5.26 Å². The van der Waals surface area contributed by atoms with Crippen LogP contribution in [-0.4, -0.2) is 9.38 Å². The zero-order chi connectivity index (χ0) is 14.1. The molecular formula is C16H12FN3. The summed E-state index contributed by atoms with van der Waals surface area (Å²) in [5.41, 5.74) is 4.26. The molecule has 2 aromatic heterocycles. The first-order valence-corrected chi connectivity index (χ1v) is 6.30. The molecule has 98 valence electrons. The van der Waals surface area contributed by atoms with Crippen LogP contribution in [0.3, 0.4) is 0 Å². The summed E-state index contributed by atoms with van der Waals surface area (Å²) < 4.78 is 15.0. The summed E-state index contributed by atoms with van der Waals surface area (Å²) in [5.74, 6) is -0.282. The molecule has 20 heavy (non-hydrogen) atoms. The molecule has 4 heteroatoms. The molecule has 0 N–H and O–H groups in total. The number of rotatable bonds is 2. The number of nitriles is 1. The molecule has 0 radical (unpaired) electrons. The van der Waals surface area contributed by atoms with Gasteiger partial charge in [0.05, 0.1) is 23.9 Å². The van der Waals surface area contributed by atoms with Crippen molar-refractivity contribution in [2.45, 2.75) is 13.3 Å². The lowest BCUT2D eigenvalue weighted by molar-refractivity contribution is 0.628. The molecule has 0 aliphatic rings. The molecule has 0 saturated carbocycles. The van der Waals surface area contributed by atoms with Gasteiger partial charge in [-0.3, -0.25) is 0 Å². The number of aryl methyl sites for hydroxylation is 1. The van der Waals surface area contributed by atoms with Crippen LogP contribution in [0.5, 0.6) is 0 Å². The van der Waals surface area contributed by atoms with E-state index in [4.69, 9.17) is 5.26 Å². The average Bonchev–Trinajstić information content (AvgIpc) is 2.81. The summed E-state index contributed by atoms with van der Waals surface area (Å²) in [6, 6.07) is 12.3. The van der Waals surface area contributed by atoms with Gasteiger partial charge in [0, 0.05) is 11.8 Å². The molecule has 3 aromatic rings. The topological polar surface area (TPSA) is 41.1 Å². The molecular weight excluding hydrogens is 253 g/mol. The quantitative estimate of drug-likeness (QED) is 0.711. The third-order valence-electron chi connectivity index (χ3n) is 3.31. The van der Waals surface area contributed by atoms with Gasteiger partial charge in [-0.05, 0) is 42.8 Å². The van der Waals surface area contributed by atoms with Crippen molar-refractivity contribution in [3.05, 3.63) is 59.7 Å². The molecule has 0 bridgehead atoms. The monoisotopic (exact) mass is 265 g/mol. The second-order valence-corrected chi connectivity index (χ2v) is 4.63. The van der Waals surface area contributed by atoms with Crippen molar-refractivity contribution in [3.63, 3.8) is 0 Å². The number of nitrogens with zero attached hydrogens (tertiary/aromatic N) is 3. The molecule has 0 unspecified atom stereocenters. The molecule has 3 nitrogen and oxygen atoms in total. The first kappa shape index (κ1) is 12.4. The number of aromatic nitrogens is 2. The van der Waals surface area contributed by atoms with Gasteiger partial charge in [-0.1, -0.05) is 6.07 Å². The van der Waals surface area contributed by atoms with E-state index < -0.39 is 0 Å². The highest BCUT2D eigenvalue weighted by Crippen LogP contribution is 2.26. The number of hydrogen-bond donors (Lipinski definition) is 0. The van der Waals surface area contributed by atoms with Crippen molar-refractivity contribution < 1.29 is 4.39 Å². The number of benzene rings is 1. The number of pyridine rings is 1. The Morgan fingerprint density at radius 3 is 2.70 bits per heavy atom. The molecule has 1 aromatic carbocycles. The maximum Gasteiger partial charge on any atom is 0.140 e. The summed E-state index contributed by atoms with van der Waals surface area (Å²) in [6.45, 7) is 1.98. The molecule has 0 aliphatic heterocycles. The maximum absolute atomic E-state index is 13.0. The van der Waals surface area contributed by atoms with E-state index in [9.17, 15) is 4.39 Å². The minimum atomic E-state index is -0.282. The van der Waals surface area contributed by atoms with Gasteiger partial charge < -0.3 is 4.40 Å². The molecule has 0 saturated heterocycles. The van der Waals surface area contributed by atoms with Gasteiger partial charge in [0.1, 0.15) is 11.5 Å². The fraction of sp³-hybridized carbons (Fsp3) is 0.125. The maximum atomic E-state index is 13.0. The van der Waals surface area contributed by atoms with Crippen molar-refractivity contribution in [1.29, 1.82) is 5.26 Å². The standard InChI is InChI=1S/C16H12FN3/c1-11-3-2-10-20-14(8-9-18)15(19-16(11)20)12-4-6-13(17)7-5-12/h2-7,10H,8H2,1H3. The van der Waals surface area contributed by atoms with Crippen molar-refractivity contribution in [2.24, 2.45) is 0 Å². The Morgan fingerprint density at radius 1 is 1.25 bits per heavy atom. The van der Waals surface area contributed by atoms with Crippen LogP contribution in [-0.2, 0) is 6.42 Å². The van der Waals surface area contributed by atoms with E-state index in [1.54, 1.807) is 12.1 Å². The second kappa shape index (κ2) is 4.78. The number of fused-ring (bicyclic) bond motifs is 1. The second-order valence-electron chi connectivity index (χ2n) is 4.63. The van der Waals surface area contributed by atoms with E-state index >= 15 is 0 Å². The molecule has 0 atom stereocenters. The molecule has 0 amide bonds. The van der Waals surface area contributed by atoms with E-state index in [0.717, 1.165) is 28.2 Å². The lowest BCUT2D eigenvalue weighted by atomic mass is 10.1. The zero-order valence-corrected chi connectivity index (χ0v) is 11.0. The van der Waals surface area contributed by atoms with E-state index in [1.807, 2.05) is 29.7 Å². The number of halogens is 1. The Bertz CT molecular complexity index is 810. The molecule has 0 fully saturated rings. The Morgan fingerprint density at radius 2 is 2.00 bits per heavy atom. The third kappa shape index (κ3) is 1.94. The fourth-order valence-corrected chi connectivity index (χ4v) is 2.34. The lowest BCUT2D eigenvalue weighted by Gasteiger charge is -2.01. The van der Waals surface area contributed by atoms with Gasteiger partial charge in [0.25, 0.3) is 0 Å². The van der Waals surface area contributed by atoms with E-state index in [0.29, 0.717) is 0 Å². The van der Waals surface area contributed by atoms with Crippen LogP contribution in [0, 0.1) is 24.1 Å². The van der Waals surface area contributed by atoms with Crippen LogP contribution >= 0.6 is 0 Å². The fourth-order valence-electron chi connectivity index (χ4n) is 2.34. The Balaban J connectivity index is 2.29. The highest BCUT2D eigenvalue weighted by Gasteiger charge is 2.14. The molecule has 0 spiro atoms. The SMILES string of the molecule is Cc1cccn2c(CC#N)c(-c3ccc(F)cc3)nc12. The first-order chi connectivity index (χ1) is 9.70. The smallest absolute Gasteiger partial charge is 0.140 e. The summed E-state index contributed by atoms with van der Waals surface area (Å²) in [7, 11) is 0. The number of hydrogen-bond acceptors (Lipinski definition) is 2. The van der Waals surface area contributed by atoms with Crippen LogP contribution in [0.2, 0.25) is 0 Å². The average molecular weight is 265 g/mol. The van der Waals surface area contributed by atoms with Crippen LogP contribution in [0.1, 0.15) is 11.3 Å². The van der Waals surface area contributed by atoms with Crippen molar-refractivity contribution in [2.75, 3.05) is 0 Å². The van der Waals surface area contributed by atoms with Crippen LogP contribution < -0.4 is 0 Å². The Kier molecular flexibility index (Phi) is 2.96. The minimum Gasteiger partial charge on any atom is -0.302 e. The molecule has 0 aliphatic carbocycles. The van der Waals surface area contributed by atoms with Gasteiger partial charge in [0.15, 0.2) is 0 Å². The number of imidazole rings is 1. The summed E-state index contributed by atoms with van der Waals surface area (Å²) in [6.07, 6.45) is 2.16. The van der Waals surface area contributed by atoms with Crippen LogP contribution in [0.15, 0.2) is 42.6 Å². The van der Waals surface area contributed by atoms with Gasteiger partial charge >= 0.3 is 0 Å². The van der Waals surface area contributed by atoms with Crippen molar-refractivity contribution in [3.8, 4) is 17.3 Å². The summed E-state index contributed by atoms with van der Waals surface area (Å²) in [4.78, 5) is 4.62. The highest BCUT2D eigenvalue weighted by atomic mass is 19.1. The van der Waals surface area contributed by atoms with Crippen molar-refractivity contribution >= 4 is 5.65 Å². The first-order valence-electron chi connectivity index (χ1n) is 6.30. The lowest BCUT2D eigenvalue weighted by Crippen LogP contribution is -1.94. The van der Waals surface area contributed by atoms with Gasteiger partial charge in [-0.15, -0.1) is 0 Å².